The van der Waals surface area contributed by atoms with Gasteiger partial charge < -0.3 is 25.6 Å². The van der Waals surface area contributed by atoms with Crippen LogP contribution in [0.5, 0.6) is 5.75 Å². The first-order valence-electron chi connectivity index (χ1n) is 10.6. The van der Waals surface area contributed by atoms with Crippen molar-refractivity contribution in [1.29, 1.82) is 0 Å². The Morgan fingerprint density at radius 1 is 1.10 bits per heavy atom. The van der Waals surface area contributed by atoms with E-state index in [4.69, 9.17) is 17.0 Å². The van der Waals surface area contributed by atoms with Gasteiger partial charge in [0.15, 0.2) is 5.11 Å². The maximum Gasteiger partial charge on any atom is 0.255 e. The number of hydrogen-bond donors (Lipinski definition) is 3. The van der Waals surface area contributed by atoms with Crippen molar-refractivity contribution in [2.24, 2.45) is 0 Å². The molecule has 1 aliphatic heterocycles. The Morgan fingerprint density at radius 2 is 1.77 bits per heavy atom. The van der Waals surface area contributed by atoms with Crippen molar-refractivity contribution in [2.45, 2.75) is 33.7 Å². The lowest BCUT2D eigenvalue weighted by atomic mass is 9.94. The average Bonchev–Trinajstić information content (AvgIpc) is 2.76. The molecule has 1 unspecified atom stereocenters. The second kappa shape index (κ2) is 10.3. The monoisotopic (exact) mass is 438 g/mol. The van der Waals surface area contributed by atoms with Crippen molar-refractivity contribution in [1.82, 2.24) is 10.6 Å². The fourth-order valence-electron chi connectivity index (χ4n) is 3.75. The van der Waals surface area contributed by atoms with Crippen LogP contribution in [-0.2, 0) is 4.79 Å². The van der Waals surface area contributed by atoms with Gasteiger partial charge in [0.1, 0.15) is 5.75 Å². The van der Waals surface area contributed by atoms with Crippen molar-refractivity contribution in [3.05, 3.63) is 65.4 Å². The number of anilines is 2. The Kier molecular flexibility index (Phi) is 7.52. The van der Waals surface area contributed by atoms with Crippen LogP contribution in [0.4, 0.5) is 11.4 Å². The van der Waals surface area contributed by atoms with E-state index in [0.29, 0.717) is 28.7 Å². The van der Waals surface area contributed by atoms with Gasteiger partial charge in [0.05, 0.1) is 23.9 Å². The fraction of sp³-hybridized carbons (Fsp3) is 0.333. The average molecular weight is 439 g/mol. The molecule has 1 heterocycles. The zero-order chi connectivity index (χ0) is 22.4. The van der Waals surface area contributed by atoms with Crippen LogP contribution in [0.3, 0.4) is 0 Å². The summed E-state index contributed by atoms with van der Waals surface area (Å²) >= 11 is 5.37. The maximum atomic E-state index is 13.3. The number of amides is 1. The molecule has 31 heavy (non-hydrogen) atoms. The highest BCUT2D eigenvalue weighted by molar-refractivity contribution is 7.80. The van der Waals surface area contributed by atoms with Gasteiger partial charge in [-0.2, -0.15) is 0 Å². The highest BCUT2D eigenvalue weighted by Crippen LogP contribution is 2.31. The number of hydrogen-bond acceptors (Lipinski definition) is 4. The Labute approximate surface area is 189 Å². The summed E-state index contributed by atoms with van der Waals surface area (Å²) in [5.74, 6) is 0.439. The molecule has 0 aliphatic carbocycles. The molecule has 3 N–H and O–H groups in total. The first-order valence-corrected chi connectivity index (χ1v) is 11.1. The van der Waals surface area contributed by atoms with Gasteiger partial charge in [0, 0.05) is 24.5 Å². The summed E-state index contributed by atoms with van der Waals surface area (Å²) < 4.78 is 5.65. The Morgan fingerprint density at radius 3 is 2.42 bits per heavy atom. The molecule has 7 heteroatoms. The molecule has 3 rings (SSSR count). The molecule has 2 aromatic rings. The molecule has 0 saturated carbocycles. The number of carbonyl (C=O) groups excluding carboxylic acids is 1. The third kappa shape index (κ3) is 5.17. The van der Waals surface area contributed by atoms with Crippen molar-refractivity contribution < 1.29 is 9.53 Å². The van der Waals surface area contributed by atoms with Gasteiger partial charge in [-0.1, -0.05) is 24.3 Å². The molecule has 0 aromatic heterocycles. The normalized spacial score (nSPS) is 15.7. The summed E-state index contributed by atoms with van der Waals surface area (Å²) in [4.78, 5) is 15.6. The molecular formula is C24H30N4O2S. The van der Waals surface area contributed by atoms with E-state index in [-0.39, 0.29) is 11.9 Å². The fourth-order valence-corrected chi connectivity index (χ4v) is 4.02. The minimum absolute atomic E-state index is 0.204. The molecule has 1 amide bonds. The first-order chi connectivity index (χ1) is 15.0. The van der Waals surface area contributed by atoms with E-state index in [2.05, 4.69) is 46.8 Å². The maximum absolute atomic E-state index is 13.3. The number of ether oxygens (including phenoxy) is 1. The van der Waals surface area contributed by atoms with E-state index < -0.39 is 0 Å². The van der Waals surface area contributed by atoms with E-state index in [1.807, 2.05) is 50.2 Å². The van der Waals surface area contributed by atoms with E-state index in [1.54, 1.807) is 0 Å². The SMILES string of the molecule is CCOc1ccccc1NC(=O)C1=C(C)NC(=S)NC1c1ccc(N(CC)CC)cc1. The van der Waals surface area contributed by atoms with Crippen LogP contribution in [0, 0.1) is 0 Å². The quantitative estimate of drug-likeness (QED) is 0.532. The highest BCUT2D eigenvalue weighted by Gasteiger charge is 2.30. The largest absolute Gasteiger partial charge is 0.492 e. The number of nitrogens with zero attached hydrogens (tertiary/aromatic N) is 1. The van der Waals surface area contributed by atoms with Crippen LogP contribution in [0.2, 0.25) is 0 Å². The molecule has 1 aliphatic rings. The van der Waals surface area contributed by atoms with Crippen LogP contribution >= 0.6 is 12.2 Å². The topological polar surface area (TPSA) is 65.6 Å². The second-order valence-electron chi connectivity index (χ2n) is 7.22. The van der Waals surface area contributed by atoms with Gasteiger partial charge in [-0.3, -0.25) is 4.79 Å². The van der Waals surface area contributed by atoms with E-state index in [9.17, 15) is 4.79 Å². The number of rotatable bonds is 8. The predicted molar refractivity (Wildman–Crippen MR) is 131 cm³/mol. The van der Waals surface area contributed by atoms with Gasteiger partial charge in [0.25, 0.3) is 5.91 Å². The summed E-state index contributed by atoms with van der Waals surface area (Å²) in [6, 6.07) is 15.4. The standard InChI is InChI=1S/C24H30N4O2S/c1-5-28(6-2)18-14-12-17(13-15-18)22-21(16(4)25-24(31)27-22)23(29)26-19-10-8-9-11-20(19)30-7-3/h8-15,22H,5-7H2,1-4H3,(H,26,29)(H2,25,27,31). The Bertz CT molecular complexity index is 968. The predicted octanol–water partition coefficient (Wildman–Crippen LogP) is 4.36. The molecule has 0 bridgehead atoms. The summed E-state index contributed by atoms with van der Waals surface area (Å²) in [5.41, 5.74) is 4.09. The third-order valence-electron chi connectivity index (χ3n) is 5.30. The highest BCUT2D eigenvalue weighted by atomic mass is 32.1. The molecule has 1 atom stereocenters. The Hall–Kier alpha value is -3.06. The van der Waals surface area contributed by atoms with Gasteiger partial charge in [-0.15, -0.1) is 0 Å². The lowest BCUT2D eigenvalue weighted by molar-refractivity contribution is -0.113. The van der Waals surface area contributed by atoms with Crippen molar-refractivity contribution >= 4 is 34.6 Å². The van der Waals surface area contributed by atoms with E-state index in [0.717, 1.165) is 30.0 Å². The van der Waals surface area contributed by atoms with Gasteiger partial charge in [-0.25, -0.2) is 0 Å². The van der Waals surface area contributed by atoms with E-state index >= 15 is 0 Å². The smallest absolute Gasteiger partial charge is 0.255 e. The number of allylic oxidation sites excluding steroid dienone is 1. The van der Waals surface area contributed by atoms with Crippen molar-refractivity contribution in [3.8, 4) is 5.75 Å². The molecule has 0 radical (unpaired) electrons. The Balaban J connectivity index is 1.91. The number of carbonyl (C=O) groups is 1. The summed E-state index contributed by atoms with van der Waals surface area (Å²) in [7, 11) is 0. The number of benzene rings is 2. The van der Waals surface area contributed by atoms with Crippen LogP contribution in [0.1, 0.15) is 39.3 Å². The van der Waals surface area contributed by atoms with Crippen LogP contribution in [0.25, 0.3) is 0 Å². The van der Waals surface area contributed by atoms with Gasteiger partial charge >= 0.3 is 0 Å². The minimum atomic E-state index is -0.348. The van der Waals surface area contributed by atoms with Gasteiger partial charge in [0.2, 0.25) is 0 Å². The number of nitrogens with one attached hydrogen (secondary N) is 3. The number of para-hydroxylation sites is 2. The number of thiocarbonyl (C=S) groups is 1. The van der Waals surface area contributed by atoms with Crippen molar-refractivity contribution in [2.75, 3.05) is 29.9 Å². The molecule has 2 aromatic carbocycles. The van der Waals surface area contributed by atoms with Crippen molar-refractivity contribution in [3.63, 3.8) is 0 Å². The summed E-state index contributed by atoms with van der Waals surface area (Å²) in [6.07, 6.45) is 0. The molecule has 0 saturated heterocycles. The summed E-state index contributed by atoms with van der Waals surface area (Å²) in [6.45, 7) is 10.5. The van der Waals surface area contributed by atoms with Crippen LogP contribution < -0.4 is 25.6 Å². The molecule has 0 spiro atoms. The second-order valence-corrected chi connectivity index (χ2v) is 7.63. The molecular weight excluding hydrogens is 408 g/mol. The first kappa shape index (κ1) is 22.6. The van der Waals surface area contributed by atoms with Crippen LogP contribution in [-0.4, -0.2) is 30.7 Å². The lowest BCUT2D eigenvalue weighted by Crippen LogP contribution is -2.45. The molecule has 6 nitrogen and oxygen atoms in total. The summed E-state index contributed by atoms with van der Waals surface area (Å²) in [5, 5.41) is 9.84. The lowest BCUT2D eigenvalue weighted by Gasteiger charge is -2.31. The minimum Gasteiger partial charge on any atom is -0.492 e. The van der Waals surface area contributed by atoms with E-state index in [1.165, 1.54) is 0 Å². The molecule has 0 fully saturated rings. The zero-order valence-corrected chi connectivity index (χ0v) is 19.3. The van der Waals surface area contributed by atoms with Gasteiger partial charge in [-0.05, 0) is 69.7 Å². The third-order valence-corrected chi connectivity index (χ3v) is 5.52. The molecule has 164 valence electrons. The zero-order valence-electron chi connectivity index (χ0n) is 18.5. The van der Waals surface area contributed by atoms with Crippen LogP contribution in [0.15, 0.2) is 59.8 Å².